The topological polar surface area (TPSA) is 12.5 Å². The first-order valence-corrected chi connectivity index (χ1v) is 7.76. The van der Waals surface area contributed by atoms with E-state index < -0.39 is 13.0 Å². The number of ether oxygens (including phenoxy) is 1. The SMILES string of the molecule is [2H]C([2H])([2H])N1CC[C@@]23CCCCC2[C@]1([2H])Cc1ccc(OC)cc13. The molecule has 0 spiro atoms. The van der Waals surface area contributed by atoms with Crippen LogP contribution in [0.5, 0.6) is 5.75 Å². The molecule has 0 aromatic heterocycles. The van der Waals surface area contributed by atoms with Gasteiger partial charge in [0.15, 0.2) is 0 Å². The summed E-state index contributed by atoms with van der Waals surface area (Å²) < 4.78 is 38.5. The summed E-state index contributed by atoms with van der Waals surface area (Å²) in [6, 6.07) is 5.12. The van der Waals surface area contributed by atoms with E-state index in [-0.39, 0.29) is 11.3 Å². The number of hydrogen-bond donors (Lipinski definition) is 0. The summed E-state index contributed by atoms with van der Waals surface area (Å²) in [5, 5.41) is 0. The second-order valence-corrected chi connectivity index (χ2v) is 6.55. The Morgan fingerprint density at radius 3 is 3.20 bits per heavy atom. The van der Waals surface area contributed by atoms with Crippen molar-refractivity contribution < 1.29 is 10.2 Å². The van der Waals surface area contributed by atoms with Gasteiger partial charge in [-0.15, -0.1) is 0 Å². The predicted octanol–water partition coefficient (Wildman–Crippen LogP) is 3.38. The molecular weight excluding hydrogens is 246 g/mol. The molecule has 2 heteroatoms. The van der Waals surface area contributed by atoms with Crippen LogP contribution >= 0.6 is 0 Å². The first-order chi connectivity index (χ1) is 11.3. The molecule has 2 fully saturated rings. The van der Waals surface area contributed by atoms with Crippen molar-refractivity contribution >= 4 is 0 Å². The van der Waals surface area contributed by atoms with Gasteiger partial charge in [0.1, 0.15) is 5.75 Å². The smallest absolute Gasteiger partial charge is 0.119 e. The molecule has 2 nitrogen and oxygen atoms in total. The van der Waals surface area contributed by atoms with E-state index in [0.717, 1.165) is 43.4 Å². The van der Waals surface area contributed by atoms with Crippen LogP contribution in [-0.2, 0) is 11.8 Å². The van der Waals surface area contributed by atoms with Gasteiger partial charge in [0, 0.05) is 16.9 Å². The number of nitrogens with zero attached hydrogens (tertiary/aromatic N) is 1. The predicted molar refractivity (Wildman–Crippen MR) is 81.4 cm³/mol. The molecule has 1 aromatic carbocycles. The lowest BCUT2D eigenvalue weighted by Crippen LogP contribution is -2.59. The molecule has 0 radical (unpaired) electrons. The summed E-state index contributed by atoms with van der Waals surface area (Å²) in [5.41, 5.74) is 2.40. The molecule has 1 aromatic rings. The number of methoxy groups -OCH3 is 1. The van der Waals surface area contributed by atoms with E-state index in [2.05, 4.69) is 6.07 Å². The van der Waals surface area contributed by atoms with Gasteiger partial charge in [-0.25, -0.2) is 0 Å². The Morgan fingerprint density at radius 2 is 2.35 bits per heavy atom. The van der Waals surface area contributed by atoms with Crippen LogP contribution in [0.25, 0.3) is 0 Å². The molecule has 1 saturated heterocycles. The fourth-order valence-corrected chi connectivity index (χ4v) is 4.84. The molecule has 1 saturated carbocycles. The van der Waals surface area contributed by atoms with Gasteiger partial charge >= 0.3 is 0 Å². The van der Waals surface area contributed by atoms with Crippen molar-refractivity contribution in [1.29, 1.82) is 0 Å². The van der Waals surface area contributed by atoms with Crippen LogP contribution in [0.3, 0.4) is 0 Å². The monoisotopic (exact) mass is 275 g/mol. The highest BCUT2D eigenvalue weighted by Crippen LogP contribution is 2.55. The summed E-state index contributed by atoms with van der Waals surface area (Å²) in [6.07, 6.45) is 5.60. The summed E-state index contributed by atoms with van der Waals surface area (Å²) in [6.45, 7) is -1.72. The Morgan fingerprint density at radius 1 is 1.40 bits per heavy atom. The zero-order valence-corrected chi connectivity index (χ0v) is 12.1. The lowest BCUT2D eigenvalue weighted by Gasteiger charge is -2.58. The highest BCUT2D eigenvalue weighted by molar-refractivity contribution is 5.45. The second-order valence-electron chi connectivity index (χ2n) is 6.55. The first-order valence-electron chi connectivity index (χ1n) is 9.76. The van der Waals surface area contributed by atoms with Gasteiger partial charge in [-0.3, -0.25) is 0 Å². The molecule has 1 heterocycles. The van der Waals surface area contributed by atoms with Crippen molar-refractivity contribution in [3.8, 4) is 5.75 Å². The fraction of sp³-hybridized carbons (Fsp3) is 0.667. The van der Waals surface area contributed by atoms with E-state index in [1.165, 1.54) is 10.5 Å². The van der Waals surface area contributed by atoms with Crippen molar-refractivity contribution in [2.75, 3.05) is 20.6 Å². The Hall–Kier alpha value is -1.02. The molecule has 3 atom stereocenters. The van der Waals surface area contributed by atoms with Gasteiger partial charge in [-0.1, -0.05) is 18.9 Å². The lowest BCUT2D eigenvalue weighted by molar-refractivity contribution is 0.00274. The average Bonchev–Trinajstić information content (AvgIpc) is 2.53. The lowest BCUT2D eigenvalue weighted by atomic mass is 9.52. The largest absolute Gasteiger partial charge is 0.497 e. The van der Waals surface area contributed by atoms with E-state index in [1.807, 2.05) is 12.1 Å². The average molecular weight is 275 g/mol. The minimum Gasteiger partial charge on any atom is -0.497 e. The molecular formula is C18H25NO. The third kappa shape index (κ3) is 1.60. The number of benzene rings is 1. The van der Waals surface area contributed by atoms with Gasteiger partial charge in [-0.05, 0) is 68.4 Å². The molecule has 0 N–H and O–H groups in total. The Bertz CT molecular complexity index is 661. The fourth-order valence-electron chi connectivity index (χ4n) is 4.84. The Kier molecular flexibility index (Phi) is 2.04. The number of fused-ring (bicyclic) bond motifs is 1. The van der Waals surface area contributed by atoms with E-state index in [0.29, 0.717) is 13.0 Å². The normalized spacial score (nSPS) is 43.4. The maximum absolute atomic E-state index is 9.25. The highest BCUT2D eigenvalue weighted by Gasteiger charge is 2.53. The number of rotatable bonds is 1. The van der Waals surface area contributed by atoms with E-state index >= 15 is 0 Å². The van der Waals surface area contributed by atoms with E-state index in [4.69, 9.17) is 8.85 Å². The Balaban J connectivity index is 1.90. The third-order valence-corrected chi connectivity index (χ3v) is 5.79. The summed E-state index contributed by atoms with van der Waals surface area (Å²) in [5.74, 6) is 0.954. The van der Waals surface area contributed by atoms with Crippen LogP contribution in [0.15, 0.2) is 18.2 Å². The zero-order valence-electron chi connectivity index (χ0n) is 16.1. The summed E-state index contributed by atoms with van der Waals surface area (Å²) in [4.78, 5) is 1.50. The van der Waals surface area contributed by atoms with Crippen LogP contribution in [0.2, 0.25) is 0 Å². The van der Waals surface area contributed by atoms with Crippen molar-refractivity contribution in [2.24, 2.45) is 5.92 Å². The van der Waals surface area contributed by atoms with Crippen LogP contribution in [-0.4, -0.2) is 31.5 Å². The van der Waals surface area contributed by atoms with Crippen molar-refractivity contribution in [2.45, 2.75) is 50.0 Å². The van der Waals surface area contributed by atoms with E-state index in [1.54, 1.807) is 7.11 Å². The molecule has 2 bridgehead atoms. The molecule has 1 unspecified atom stereocenters. The van der Waals surface area contributed by atoms with E-state index in [9.17, 15) is 1.37 Å². The number of likely N-dealkylation sites (N-methyl/N-ethyl adjacent to an activating group) is 1. The maximum Gasteiger partial charge on any atom is 0.119 e. The summed E-state index contributed by atoms with van der Waals surface area (Å²) >= 11 is 0. The summed E-state index contributed by atoms with van der Waals surface area (Å²) in [7, 11) is 1.69. The molecule has 108 valence electrons. The highest BCUT2D eigenvalue weighted by atomic mass is 16.5. The quantitative estimate of drug-likeness (QED) is 0.779. The zero-order chi connectivity index (χ0) is 17.2. The molecule has 3 aliphatic rings. The van der Waals surface area contributed by atoms with Crippen LogP contribution in [0, 0.1) is 5.92 Å². The minimum absolute atomic E-state index is 0.0517. The number of piperidine rings is 1. The third-order valence-electron chi connectivity index (χ3n) is 5.79. The number of likely N-dealkylation sites (tertiary alicyclic amines) is 1. The van der Waals surface area contributed by atoms with Crippen LogP contribution in [0.4, 0.5) is 0 Å². The van der Waals surface area contributed by atoms with Crippen molar-refractivity contribution in [3.05, 3.63) is 29.3 Å². The van der Waals surface area contributed by atoms with Crippen LogP contribution < -0.4 is 4.74 Å². The Labute approximate surface area is 127 Å². The second kappa shape index (κ2) is 4.49. The van der Waals surface area contributed by atoms with Gasteiger partial charge in [0.25, 0.3) is 0 Å². The molecule has 1 aliphatic heterocycles. The van der Waals surface area contributed by atoms with Crippen molar-refractivity contribution in [1.82, 2.24) is 4.90 Å². The standard InChI is InChI=1S/C18H25NO/c1-19-10-9-18-8-4-3-5-15(18)17(19)11-13-6-7-14(20-2)12-16(13)18/h6-7,12,15,17H,3-5,8-11H2,1-2H3/t15?,17-,18-/m0/s1/i1D3,17D. The molecule has 4 rings (SSSR count). The van der Waals surface area contributed by atoms with Gasteiger partial charge in [0.2, 0.25) is 0 Å². The first kappa shape index (κ1) is 9.09. The maximum atomic E-state index is 9.25. The van der Waals surface area contributed by atoms with Gasteiger partial charge in [-0.2, -0.15) is 0 Å². The van der Waals surface area contributed by atoms with Crippen LogP contribution in [0.1, 0.15) is 48.7 Å². The number of hydrogen-bond acceptors (Lipinski definition) is 2. The van der Waals surface area contributed by atoms with Gasteiger partial charge < -0.3 is 9.64 Å². The van der Waals surface area contributed by atoms with Gasteiger partial charge in [0.05, 0.1) is 7.11 Å². The molecule has 20 heavy (non-hydrogen) atoms. The minimum atomic E-state index is -2.20. The molecule has 2 aliphatic carbocycles. The van der Waals surface area contributed by atoms with Crippen molar-refractivity contribution in [3.63, 3.8) is 0 Å². The molecule has 0 amide bonds.